The molecule has 4 heterocycles. The maximum absolute atomic E-state index is 12.1. The zero-order valence-corrected chi connectivity index (χ0v) is 38.1. The third kappa shape index (κ3) is 21.5. The van der Waals surface area contributed by atoms with Crippen LogP contribution in [0.4, 0.5) is 0 Å². The number of ether oxygens (including phenoxy) is 4. The Hall–Kier alpha value is -7.80. The molecule has 0 fully saturated rings. The summed E-state index contributed by atoms with van der Waals surface area (Å²) in [5, 5.41) is 11.1. The van der Waals surface area contributed by atoms with Gasteiger partial charge in [0.25, 0.3) is 23.6 Å². The van der Waals surface area contributed by atoms with E-state index in [1.807, 2.05) is 0 Å². The van der Waals surface area contributed by atoms with Gasteiger partial charge < -0.3 is 62.1 Å². The first-order chi connectivity index (χ1) is 30.9. The predicted molar refractivity (Wildman–Crippen MR) is 243 cm³/mol. The Morgan fingerprint density at radius 1 is 0.324 bits per heavy atom. The van der Waals surface area contributed by atoms with Crippen LogP contribution in [0.1, 0.15) is 135 Å². The number of nitrogens with one attached hydrogen (secondary N) is 4. The Kier molecular flexibility index (Phi) is 31.6. The topological polar surface area (TPSA) is 399 Å². The molecule has 24 heteroatoms. The summed E-state index contributed by atoms with van der Waals surface area (Å²) in [5.74, 6) is -3.82. The number of aromatic nitrogens is 4. The molecule has 68 heavy (non-hydrogen) atoms. The van der Waals surface area contributed by atoms with Gasteiger partial charge in [-0.1, -0.05) is 49.9 Å². The van der Waals surface area contributed by atoms with Crippen molar-refractivity contribution in [1.82, 2.24) is 41.2 Å². The van der Waals surface area contributed by atoms with E-state index in [1.54, 1.807) is 24.3 Å². The lowest BCUT2D eigenvalue weighted by Gasteiger charge is -2.07. The molecule has 4 rings (SSSR count). The molecule has 0 aromatic carbocycles. The zero-order chi connectivity index (χ0) is 46.7. The van der Waals surface area contributed by atoms with Crippen LogP contribution in [-0.4, -0.2) is 144 Å². The van der Waals surface area contributed by atoms with Crippen LogP contribution in [0.25, 0.3) is 0 Å². The first-order valence-electron chi connectivity index (χ1n) is 20.3. The minimum Gasteiger partial charge on any atom is -0.464 e. The number of carbonyl (C=O) groups excluding carboxylic acids is 8. The Balaban J connectivity index is 0. The lowest BCUT2D eigenvalue weighted by molar-refractivity contribution is 0.0584. The van der Waals surface area contributed by atoms with E-state index in [1.165, 1.54) is 77.0 Å². The molecule has 0 radical (unpaired) electrons. The van der Waals surface area contributed by atoms with Crippen molar-refractivity contribution in [2.45, 2.75) is 51.4 Å². The number of rotatable bonds is 22. The monoisotopic (exact) mass is 956 g/mol. The minimum absolute atomic E-state index is 0. The van der Waals surface area contributed by atoms with E-state index in [0.29, 0.717) is 26.2 Å². The molecule has 4 aromatic rings. The molecule has 0 aliphatic heterocycles. The van der Waals surface area contributed by atoms with Crippen LogP contribution in [0.15, 0.2) is 72.8 Å². The summed E-state index contributed by atoms with van der Waals surface area (Å²) in [6.45, 7) is 1.89. The van der Waals surface area contributed by atoms with Crippen LogP contribution in [0.5, 0.6) is 0 Å². The third-order valence-electron chi connectivity index (χ3n) is 8.85. The van der Waals surface area contributed by atoms with Crippen LogP contribution in [-0.2, 0) is 18.9 Å². The molecule has 12 N–H and O–H groups in total. The average molecular weight is 957 g/mol. The van der Waals surface area contributed by atoms with Gasteiger partial charge >= 0.3 is 23.9 Å². The number of carbonyl (C=O) groups is 8. The van der Waals surface area contributed by atoms with E-state index in [2.05, 4.69) is 60.2 Å². The summed E-state index contributed by atoms with van der Waals surface area (Å²) in [6, 6.07) is 18.3. The van der Waals surface area contributed by atoms with E-state index >= 15 is 0 Å². The van der Waals surface area contributed by atoms with Crippen molar-refractivity contribution in [2.75, 3.05) is 54.6 Å². The molecule has 372 valence electrons. The van der Waals surface area contributed by atoms with Gasteiger partial charge in [-0.15, -0.1) is 0 Å². The van der Waals surface area contributed by atoms with Gasteiger partial charge in [0, 0.05) is 26.2 Å². The number of nitrogens with zero attached hydrogens (tertiary/aromatic N) is 4. The average Bonchev–Trinajstić information content (AvgIpc) is 3.34. The van der Waals surface area contributed by atoms with E-state index in [4.69, 9.17) is 0 Å². The van der Waals surface area contributed by atoms with Crippen molar-refractivity contribution in [3.05, 3.63) is 118 Å². The summed E-state index contributed by atoms with van der Waals surface area (Å²) >= 11 is 0. The first kappa shape index (κ1) is 62.3. The molecule has 0 saturated carbocycles. The summed E-state index contributed by atoms with van der Waals surface area (Å²) in [4.78, 5) is 110. The van der Waals surface area contributed by atoms with Crippen molar-refractivity contribution in [3.63, 3.8) is 0 Å². The van der Waals surface area contributed by atoms with Crippen LogP contribution < -0.4 is 21.3 Å². The number of hydrogen-bond acceptors (Lipinski definition) is 16. The molecule has 24 nitrogen and oxygen atoms in total. The van der Waals surface area contributed by atoms with Crippen LogP contribution in [0.2, 0.25) is 0 Å². The lowest BCUT2D eigenvalue weighted by atomic mass is 10.2. The van der Waals surface area contributed by atoms with E-state index in [0.717, 1.165) is 51.4 Å². The fraction of sp³-hybridized carbons (Fsp3) is 0.364. The number of amides is 4. The Bertz CT molecular complexity index is 1930. The maximum atomic E-state index is 12.1. The highest BCUT2D eigenvalue weighted by Gasteiger charge is 2.16. The highest BCUT2D eigenvalue weighted by molar-refractivity contribution is 5.96. The first-order valence-corrected chi connectivity index (χ1v) is 20.3. The Morgan fingerprint density at radius 3 is 0.676 bits per heavy atom. The minimum atomic E-state index is -0.598. The van der Waals surface area contributed by atoms with Gasteiger partial charge in [0.2, 0.25) is 0 Å². The standard InChI is InChI=1S/2C22H26N4O6.4H2O/c2*1-31-21(29)17-11-7-9-15(25-17)19(27)23-13-5-3-4-6-14-24-20(28)16-10-8-12-18(26-16)22(30)32-2;;;;/h2*7-12H,3-6,13-14H2,1-2H3,(H,23,27)(H,24,28);4*1H2. The largest absolute Gasteiger partial charge is 0.464 e. The van der Waals surface area contributed by atoms with Crippen LogP contribution in [0, 0.1) is 0 Å². The molecule has 4 amide bonds. The summed E-state index contributed by atoms with van der Waals surface area (Å²) < 4.78 is 18.4. The van der Waals surface area contributed by atoms with Gasteiger partial charge in [-0.2, -0.15) is 0 Å². The normalized spacial score (nSPS) is 9.59. The molecule has 0 saturated heterocycles. The molecule has 0 atom stereocenters. The van der Waals surface area contributed by atoms with Crippen molar-refractivity contribution >= 4 is 47.5 Å². The smallest absolute Gasteiger partial charge is 0.356 e. The molecule has 0 aliphatic rings. The fourth-order valence-corrected chi connectivity index (χ4v) is 5.49. The molecule has 0 bridgehead atoms. The molecule has 0 spiro atoms. The van der Waals surface area contributed by atoms with Gasteiger partial charge in [-0.25, -0.2) is 39.1 Å². The number of unbranched alkanes of at least 4 members (excludes halogenated alkanes) is 6. The van der Waals surface area contributed by atoms with Crippen molar-refractivity contribution in [3.8, 4) is 0 Å². The Morgan fingerprint density at radius 2 is 0.500 bits per heavy atom. The van der Waals surface area contributed by atoms with Gasteiger partial charge in [0.1, 0.15) is 45.6 Å². The van der Waals surface area contributed by atoms with Crippen LogP contribution >= 0.6 is 0 Å². The maximum Gasteiger partial charge on any atom is 0.356 e. The van der Waals surface area contributed by atoms with Crippen molar-refractivity contribution < 1.29 is 79.2 Å². The van der Waals surface area contributed by atoms with Crippen molar-refractivity contribution in [1.29, 1.82) is 0 Å². The quantitative estimate of drug-likeness (QED) is 0.0466. The highest BCUT2D eigenvalue weighted by Crippen LogP contribution is 2.07. The van der Waals surface area contributed by atoms with Gasteiger partial charge in [-0.05, 0) is 74.2 Å². The second-order valence-corrected chi connectivity index (χ2v) is 13.5. The second kappa shape index (κ2) is 34.5. The van der Waals surface area contributed by atoms with Gasteiger partial charge in [0.15, 0.2) is 0 Å². The van der Waals surface area contributed by atoms with Crippen molar-refractivity contribution in [2.24, 2.45) is 0 Å². The Labute approximate surface area is 391 Å². The van der Waals surface area contributed by atoms with Crippen LogP contribution in [0.3, 0.4) is 0 Å². The highest BCUT2D eigenvalue weighted by atomic mass is 16.5. The molecule has 0 unspecified atom stereocenters. The fourth-order valence-electron chi connectivity index (χ4n) is 5.49. The third-order valence-corrected chi connectivity index (χ3v) is 8.85. The number of hydrogen-bond donors (Lipinski definition) is 4. The van der Waals surface area contributed by atoms with Gasteiger partial charge in [0.05, 0.1) is 28.4 Å². The molecule has 0 aliphatic carbocycles. The zero-order valence-electron chi connectivity index (χ0n) is 38.1. The summed E-state index contributed by atoms with van der Waals surface area (Å²) in [6.07, 6.45) is 6.50. The molecule has 4 aromatic heterocycles. The summed E-state index contributed by atoms with van der Waals surface area (Å²) in [7, 11) is 5.01. The second-order valence-electron chi connectivity index (χ2n) is 13.5. The SMILES string of the molecule is COC(=O)c1cccc(C(=O)NCCCCCCNC(=O)c2cccc(C(=O)OC)n2)n1.COC(=O)c1cccc(C(=O)NCCCCCCNC(=O)c2cccc(C(=O)OC)n2)n1.O.O.O.O. The molecular formula is C44H60N8O16. The number of pyridine rings is 4. The molecular weight excluding hydrogens is 897 g/mol. The predicted octanol–water partition coefficient (Wildman–Crippen LogP) is 0.241. The number of esters is 4. The van der Waals surface area contributed by atoms with E-state index in [9.17, 15) is 38.4 Å². The van der Waals surface area contributed by atoms with Gasteiger partial charge in [-0.3, -0.25) is 19.2 Å². The number of methoxy groups -OCH3 is 4. The van der Waals surface area contributed by atoms with E-state index in [-0.39, 0.29) is 91.1 Å². The lowest BCUT2D eigenvalue weighted by Crippen LogP contribution is -2.26. The van der Waals surface area contributed by atoms with E-state index < -0.39 is 23.9 Å². The summed E-state index contributed by atoms with van der Waals surface area (Å²) in [5.41, 5.74) is 0.926.